The van der Waals surface area contributed by atoms with E-state index in [9.17, 15) is 9.59 Å². The summed E-state index contributed by atoms with van der Waals surface area (Å²) in [6.45, 7) is 2.69. The van der Waals surface area contributed by atoms with Crippen molar-refractivity contribution in [3.05, 3.63) is 36.0 Å². The van der Waals surface area contributed by atoms with Crippen molar-refractivity contribution in [2.75, 3.05) is 33.4 Å². The van der Waals surface area contributed by atoms with E-state index in [0.29, 0.717) is 31.9 Å². The molecule has 1 fully saturated rings. The van der Waals surface area contributed by atoms with Gasteiger partial charge in [0.1, 0.15) is 6.54 Å². The van der Waals surface area contributed by atoms with Crippen LogP contribution in [-0.2, 0) is 20.8 Å². The van der Waals surface area contributed by atoms with E-state index in [4.69, 9.17) is 9.47 Å². The molecular formula is C16H18N2O4. The average Bonchev–Trinajstić information content (AvgIpc) is 2.97. The van der Waals surface area contributed by atoms with Crippen LogP contribution in [0.4, 0.5) is 0 Å². The van der Waals surface area contributed by atoms with E-state index in [1.807, 2.05) is 22.9 Å². The molecule has 6 nitrogen and oxygen atoms in total. The number of rotatable bonds is 3. The number of esters is 1. The number of amides is 1. The number of fused-ring (bicyclic) bond motifs is 1. The lowest BCUT2D eigenvalue weighted by molar-refractivity contribution is -0.135. The molecule has 0 bridgehead atoms. The van der Waals surface area contributed by atoms with Crippen molar-refractivity contribution in [1.29, 1.82) is 0 Å². The minimum Gasteiger partial charge on any atom is -0.465 e. The Hall–Kier alpha value is -2.34. The molecule has 0 saturated carbocycles. The smallest absolute Gasteiger partial charge is 0.337 e. The van der Waals surface area contributed by atoms with Gasteiger partial charge in [-0.1, -0.05) is 6.07 Å². The molecule has 0 spiro atoms. The van der Waals surface area contributed by atoms with Crippen molar-refractivity contribution in [3.63, 3.8) is 0 Å². The maximum absolute atomic E-state index is 12.3. The van der Waals surface area contributed by atoms with Crippen LogP contribution in [0, 0.1) is 0 Å². The molecule has 1 aromatic heterocycles. The number of nitrogens with zero attached hydrogens (tertiary/aromatic N) is 2. The molecule has 1 aliphatic rings. The Kier molecular flexibility index (Phi) is 4.11. The van der Waals surface area contributed by atoms with Gasteiger partial charge in [-0.05, 0) is 23.6 Å². The van der Waals surface area contributed by atoms with E-state index < -0.39 is 0 Å². The quantitative estimate of drug-likeness (QED) is 0.802. The molecule has 0 radical (unpaired) electrons. The van der Waals surface area contributed by atoms with Crippen LogP contribution in [-0.4, -0.2) is 54.8 Å². The van der Waals surface area contributed by atoms with Crippen LogP contribution < -0.4 is 0 Å². The normalized spacial score (nSPS) is 15.0. The van der Waals surface area contributed by atoms with Gasteiger partial charge in [0.05, 0.1) is 25.9 Å². The zero-order chi connectivity index (χ0) is 15.5. The monoisotopic (exact) mass is 302 g/mol. The minimum atomic E-state index is -0.380. The van der Waals surface area contributed by atoms with Crippen molar-refractivity contribution in [3.8, 4) is 0 Å². The average molecular weight is 302 g/mol. The first kappa shape index (κ1) is 14.6. The largest absolute Gasteiger partial charge is 0.465 e. The highest BCUT2D eigenvalue weighted by atomic mass is 16.5. The number of hydrogen-bond acceptors (Lipinski definition) is 4. The van der Waals surface area contributed by atoms with Gasteiger partial charge in [0.15, 0.2) is 0 Å². The van der Waals surface area contributed by atoms with E-state index in [1.165, 1.54) is 7.11 Å². The molecule has 0 N–H and O–H groups in total. The molecule has 0 unspecified atom stereocenters. The zero-order valence-corrected chi connectivity index (χ0v) is 12.4. The van der Waals surface area contributed by atoms with Gasteiger partial charge in [-0.3, -0.25) is 4.79 Å². The number of methoxy groups -OCH3 is 1. The zero-order valence-electron chi connectivity index (χ0n) is 12.4. The first-order valence-electron chi connectivity index (χ1n) is 7.22. The number of aromatic nitrogens is 1. The third kappa shape index (κ3) is 2.82. The second-order valence-electron chi connectivity index (χ2n) is 5.20. The third-order valence-electron chi connectivity index (χ3n) is 3.86. The van der Waals surface area contributed by atoms with Gasteiger partial charge >= 0.3 is 5.97 Å². The molecule has 2 heterocycles. The number of hydrogen-bond donors (Lipinski definition) is 0. The topological polar surface area (TPSA) is 60.8 Å². The number of benzene rings is 1. The summed E-state index contributed by atoms with van der Waals surface area (Å²) in [6.07, 6.45) is 1.87. The fraction of sp³-hybridized carbons (Fsp3) is 0.375. The Morgan fingerprint density at radius 3 is 2.73 bits per heavy atom. The first-order valence-corrected chi connectivity index (χ1v) is 7.22. The summed E-state index contributed by atoms with van der Waals surface area (Å²) in [4.78, 5) is 25.8. The van der Waals surface area contributed by atoms with E-state index in [1.54, 1.807) is 17.0 Å². The predicted molar refractivity (Wildman–Crippen MR) is 80.7 cm³/mol. The van der Waals surface area contributed by atoms with Crippen LogP contribution in [0.25, 0.3) is 10.9 Å². The molecule has 6 heteroatoms. The fourth-order valence-corrected chi connectivity index (χ4v) is 2.63. The van der Waals surface area contributed by atoms with Crippen molar-refractivity contribution in [2.24, 2.45) is 0 Å². The van der Waals surface area contributed by atoms with Crippen LogP contribution in [0.15, 0.2) is 30.5 Å². The summed E-state index contributed by atoms with van der Waals surface area (Å²) >= 11 is 0. The van der Waals surface area contributed by atoms with E-state index >= 15 is 0 Å². The highest BCUT2D eigenvalue weighted by Crippen LogP contribution is 2.18. The maximum atomic E-state index is 12.3. The summed E-state index contributed by atoms with van der Waals surface area (Å²) < 4.78 is 11.9. The van der Waals surface area contributed by atoms with Gasteiger partial charge in [-0.2, -0.15) is 0 Å². The molecule has 1 amide bonds. The van der Waals surface area contributed by atoms with Crippen molar-refractivity contribution >= 4 is 22.8 Å². The van der Waals surface area contributed by atoms with Gasteiger partial charge in [0, 0.05) is 24.8 Å². The minimum absolute atomic E-state index is 0.0595. The van der Waals surface area contributed by atoms with Gasteiger partial charge in [-0.25, -0.2) is 4.79 Å². The van der Waals surface area contributed by atoms with Gasteiger partial charge in [0.2, 0.25) is 5.91 Å². The predicted octanol–water partition coefficient (Wildman–Crippen LogP) is 1.29. The highest BCUT2D eigenvalue weighted by Gasteiger charge is 2.18. The van der Waals surface area contributed by atoms with Crippen molar-refractivity contribution in [1.82, 2.24) is 9.47 Å². The lowest BCUT2D eigenvalue weighted by atomic mass is 10.1. The SMILES string of the molecule is COC(=O)c1ccc2ccn(CC(=O)N3CCOCC3)c2c1. The van der Waals surface area contributed by atoms with Gasteiger partial charge in [0.25, 0.3) is 0 Å². The lowest BCUT2D eigenvalue weighted by Gasteiger charge is -2.27. The van der Waals surface area contributed by atoms with E-state index in [2.05, 4.69) is 0 Å². The first-order chi connectivity index (χ1) is 10.7. The molecule has 116 valence electrons. The fourth-order valence-electron chi connectivity index (χ4n) is 2.63. The summed E-state index contributed by atoms with van der Waals surface area (Å²) in [5.74, 6) is -0.321. The Labute approximate surface area is 128 Å². The van der Waals surface area contributed by atoms with Crippen LogP contribution in [0.2, 0.25) is 0 Å². The molecule has 1 aliphatic heterocycles. The molecule has 2 aromatic rings. The van der Waals surface area contributed by atoms with Crippen LogP contribution in [0.5, 0.6) is 0 Å². The number of carbonyl (C=O) groups excluding carboxylic acids is 2. The molecule has 3 rings (SSSR count). The molecule has 0 atom stereocenters. The highest BCUT2D eigenvalue weighted by molar-refractivity contribution is 5.95. The standard InChI is InChI=1S/C16H18N2O4/c1-21-16(20)13-3-2-12-4-5-18(14(12)10-13)11-15(19)17-6-8-22-9-7-17/h2-5,10H,6-9,11H2,1H3. The van der Waals surface area contributed by atoms with Crippen molar-refractivity contribution < 1.29 is 19.1 Å². The molecule has 0 aliphatic carbocycles. The molecule has 1 saturated heterocycles. The summed E-state index contributed by atoms with van der Waals surface area (Å²) in [5, 5.41) is 0.988. The Balaban J connectivity index is 1.83. The summed E-state index contributed by atoms with van der Waals surface area (Å²) in [6, 6.07) is 7.27. The van der Waals surface area contributed by atoms with E-state index in [0.717, 1.165) is 10.9 Å². The number of morpholine rings is 1. The third-order valence-corrected chi connectivity index (χ3v) is 3.86. The second kappa shape index (κ2) is 6.19. The van der Waals surface area contributed by atoms with Crippen LogP contribution in [0.3, 0.4) is 0 Å². The lowest BCUT2D eigenvalue weighted by Crippen LogP contribution is -2.42. The van der Waals surface area contributed by atoms with E-state index in [-0.39, 0.29) is 18.4 Å². The van der Waals surface area contributed by atoms with Crippen molar-refractivity contribution in [2.45, 2.75) is 6.54 Å². The number of carbonyl (C=O) groups is 2. The Morgan fingerprint density at radius 2 is 2.00 bits per heavy atom. The maximum Gasteiger partial charge on any atom is 0.337 e. The van der Waals surface area contributed by atoms with Gasteiger partial charge in [-0.15, -0.1) is 0 Å². The second-order valence-corrected chi connectivity index (χ2v) is 5.20. The Bertz CT molecular complexity index is 701. The van der Waals surface area contributed by atoms with Crippen LogP contribution in [0.1, 0.15) is 10.4 Å². The molecule has 1 aromatic carbocycles. The Morgan fingerprint density at radius 1 is 1.23 bits per heavy atom. The summed E-state index contributed by atoms with van der Waals surface area (Å²) in [7, 11) is 1.35. The molecule has 22 heavy (non-hydrogen) atoms. The van der Waals surface area contributed by atoms with Crippen LogP contribution >= 0.6 is 0 Å². The van der Waals surface area contributed by atoms with Gasteiger partial charge < -0.3 is 18.9 Å². The summed E-state index contributed by atoms with van der Waals surface area (Å²) in [5.41, 5.74) is 1.33. The molecular weight excluding hydrogens is 284 g/mol. The number of ether oxygens (including phenoxy) is 2.